The molecule has 1 amide bonds. The normalized spacial score (nSPS) is 20.2. The Morgan fingerprint density at radius 2 is 2.65 bits per heavy atom. The summed E-state index contributed by atoms with van der Waals surface area (Å²) >= 11 is 0. The topological polar surface area (TPSA) is 76.4 Å². The monoisotopic (exact) mass is 239 g/mol. The Balaban J connectivity index is 1.89. The van der Waals surface area contributed by atoms with Crippen molar-refractivity contribution in [2.75, 3.05) is 20.2 Å². The van der Waals surface area contributed by atoms with Gasteiger partial charge >= 0.3 is 0 Å². The molecule has 6 heteroatoms. The maximum absolute atomic E-state index is 11.8. The molecule has 1 aromatic rings. The van der Waals surface area contributed by atoms with Crippen molar-refractivity contribution in [1.29, 1.82) is 0 Å². The number of hydrogen-bond acceptors (Lipinski definition) is 5. The Kier molecular flexibility index (Phi) is 4.11. The van der Waals surface area contributed by atoms with Crippen LogP contribution in [-0.4, -0.2) is 37.3 Å². The molecule has 2 heterocycles. The van der Waals surface area contributed by atoms with Crippen molar-refractivity contribution in [3.05, 3.63) is 17.5 Å². The van der Waals surface area contributed by atoms with Gasteiger partial charge in [0.25, 0.3) is 5.91 Å². The highest BCUT2D eigenvalue weighted by molar-refractivity contribution is 5.92. The van der Waals surface area contributed by atoms with E-state index in [1.54, 1.807) is 13.2 Å². The second kappa shape index (κ2) is 5.79. The quantitative estimate of drug-likeness (QED) is 0.790. The first-order chi connectivity index (χ1) is 8.29. The van der Waals surface area contributed by atoms with Crippen LogP contribution in [0.5, 0.6) is 0 Å². The van der Waals surface area contributed by atoms with Crippen molar-refractivity contribution in [3.8, 4) is 0 Å². The van der Waals surface area contributed by atoms with Crippen molar-refractivity contribution in [3.63, 3.8) is 0 Å². The smallest absolute Gasteiger partial charge is 0.273 e. The number of methoxy groups -OCH3 is 1. The maximum atomic E-state index is 11.8. The molecule has 1 saturated heterocycles. The van der Waals surface area contributed by atoms with Crippen molar-refractivity contribution in [2.24, 2.45) is 0 Å². The second-order valence-corrected chi connectivity index (χ2v) is 4.13. The van der Waals surface area contributed by atoms with Gasteiger partial charge in [0, 0.05) is 25.8 Å². The average molecular weight is 239 g/mol. The molecule has 1 aromatic heterocycles. The number of piperidine rings is 1. The summed E-state index contributed by atoms with van der Waals surface area (Å²) in [5.74, 6) is 0.365. The highest BCUT2D eigenvalue weighted by atomic mass is 16.5. The third kappa shape index (κ3) is 3.28. The number of aromatic nitrogens is 1. The molecule has 1 atom stereocenters. The van der Waals surface area contributed by atoms with E-state index in [4.69, 9.17) is 9.26 Å². The van der Waals surface area contributed by atoms with Crippen LogP contribution in [0.3, 0.4) is 0 Å². The van der Waals surface area contributed by atoms with E-state index in [-0.39, 0.29) is 11.9 Å². The highest BCUT2D eigenvalue weighted by Gasteiger charge is 2.18. The van der Waals surface area contributed by atoms with Crippen LogP contribution in [0.25, 0.3) is 0 Å². The fourth-order valence-electron chi connectivity index (χ4n) is 1.86. The van der Waals surface area contributed by atoms with Crippen molar-refractivity contribution in [2.45, 2.75) is 25.5 Å². The van der Waals surface area contributed by atoms with Gasteiger partial charge in [0.2, 0.25) is 0 Å². The molecule has 94 valence electrons. The van der Waals surface area contributed by atoms with Crippen LogP contribution in [0, 0.1) is 0 Å². The minimum atomic E-state index is -0.190. The lowest BCUT2D eigenvalue weighted by Crippen LogP contribution is -2.45. The molecule has 0 radical (unpaired) electrons. The maximum Gasteiger partial charge on any atom is 0.273 e. The van der Waals surface area contributed by atoms with E-state index in [1.807, 2.05) is 0 Å². The Morgan fingerprint density at radius 1 is 1.76 bits per heavy atom. The van der Waals surface area contributed by atoms with Crippen LogP contribution >= 0.6 is 0 Å². The van der Waals surface area contributed by atoms with Crippen LogP contribution < -0.4 is 10.6 Å². The second-order valence-electron chi connectivity index (χ2n) is 4.13. The molecule has 1 aliphatic rings. The Labute approximate surface area is 99.7 Å². The molecule has 17 heavy (non-hydrogen) atoms. The molecule has 6 nitrogen and oxygen atoms in total. The van der Waals surface area contributed by atoms with Crippen molar-refractivity contribution < 1.29 is 14.1 Å². The van der Waals surface area contributed by atoms with Gasteiger partial charge in [-0.2, -0.15) is 0 Å². The molecular formula is C11H17N3O3. The number of hydrogen-bond donors (Lipinski definition) is 2. The van der Waals surface area contributed by atoms with Gasteiger partial charge in [-0.3, -0.25) is 4.79 Å². The van der Waals surface area contributed by atoms with Crippen LogP contribution in [0.4, 0.5) is 0 Å². The fraction of sp³-hybridized carbons (Fsp3) is 0.636. The van der Waals surface area contributed by atoms with Gasteiger partial charge < -0.3 is 19.9 Å². The molecule has 0 unspecified atom stereocenters. The Hall–Kier alpha value is -1.40. The van der Waals surface area contributed by atoms with Gasteiger partial charge in [0.1, 0.15) is 6.61 Å². The highest BCUT2D eigenvalue weighted by Crippen LogP contribution is 2.07. The lowest BCUT2D eigenvalue weighted by Gasteiger charge is -2.23. The average Bonchev–Trinajstić information content (AvgIpc) is 2.79. The predicted molar refractivity (Wildman–Crippen MR) is 60.6 cm³/mol. The molecule has 2 N–H and O–H groups in total. The third-order valence-electron chi connectivity index (χ3n) is 2.71. The van der Waals surface area contributed by atoms with E-state index in [1.165, 1.54) is 0 Å². The van der Waals surface area contributed by atoms with E-state index in [9.17, 15) is 4.79 Å². The van der Waals surface area contributed by atoms with Crippen molar-refractivity contribution in [1.82, 2.24) is 15.8 Å². The number of ether oxygens (including phenoxy) is 1. The van der Waals surface area contributed by atoms with E-state index >= 15 is 0 Å². The molecule has 0 aliphatic carbocycles. The summed E-state index contributed by atoms with van der Waals surface area (Å²) < 4.78 is 9.86. The van der Waals surface area contributed by atoms with Crippen LogP contribution in [-0.2, 0) is 11.3 Å². The first-order valence-electron chi connectivity index (χ1n) is 5.75. The van der Waals surface area contributed by atoms with E-state index in [2.05, 4.69) is 15.8 Å². The van der Waals surface area contributed by atoms with E-state index < -0.39 is 0 Å². The SMILES string of the molecule is COCc1cc(C(=O)N[C@H]2CCCNC2)no1. The zero-order chi connectivity index (χ0) is 12.1. The molecule has 1 aliphatic heterocycles. The number of nitrogens with one attached hydrogen (secondary N) is 2. The number of nitrogens with zero attached hydrogens (tertiary/aromatic N) is 1. The van der Waals surface area contributed by atoms with E-state index in [0.29, 0.717) is 18.1 Å². The molecular weight excluding hydrogens is 222 g/mol. The Morgan fingerprint density at radius 3 is 3.35 bits per heavy atom. The summed E-state index contributed by atoms with van der Waals surface area (Å²) in [6, 6.07) is 1.79. The third-order valence-corrected chi connectivity index (χ3v) is 2.71. The summed E-state index contributed by atoms with van der Waals surface area (Å²) in [6.07, 6.45) is 2.08. The molecule has 1 fully saturated rings. The van der Waals surface area contributed by atoms with Gasteiger partial charge in [0.05, 0.1) is 0 Å². The first-order valence-corrected chi connectivity index (χ1v) is 5.75. The van der Waals surface area contributed by atoms with E-state index in [0.717, 1.165) is 25.9 Å². The minimum absolute atomic E-state index is 0.179. The first kappa shape index (κ1) is 12.1. The molecule has 0 spiro atoms. The number of rotatable bonds is 4. The minimum Gasteiger partial charge on any atom is -0.377 e. The summed E-state index contributed by atoms with van der Waals surface area (Å²) in [4.78, 5) is 11.8. The zero-order valence-corrected chi connectivity index (χ0v) is 9.86. The molecule has 0 bridgehead atoms. The Bertz CT molecular complexity index is 372. The van der Waals surface area contributed by atoms with Gasteiger partial charge in [0.15, 0.2) is 11.5 Å². The zero-order valence-electron chi connectivity index (χ0n) is 9.86. The summed E-state index contributed by atoms with van der Waals surface area (Å²) in [6.45, 7) is 2.16. The van der Waals surface area contributed by atoms with Gasteiger partial charge in [-0.25, -0.2) is 0 Å². The number of amides is 1. The predicted octanol–water partition coefficient (Wildman–Crippen LogP) is 0.303. The standard InChI is InChI=1S/C11H17N3O3/c1-16-7-9-5-10(14-17-9)11(15)13-8-3-2-4-12-6-8/h5,8,12H,2-4,6-7H2,1H3,(H,13,15)/t8-/m0/s1. The van der Waals surface area contributed by atoms with Crippen LogP contribution in [0.15, 0.2) is 10.6 Å². The number of carbonyl (C=O) groups is 1. The van der Waals surface area contributed by atoms with Crippen molar-refractivity contribution >= 4 is 5.91 Å². The summed E-state index contributed by atoms with van der Waals surface area (Å²) in [5.41, 5.74) is 0.308. The summed E-state index contributed by atoms with van der Waals surface area (Å²) in [7, 11) is 1.57. The van der Waals surface area contributed by atoms with Gasteiger partial charge in [-0.05, 0) is 19.4 Å². The number of carbonyl (C=O) groups excluding carboxylic acids is 1. The van der Waals surface area contributed by atoms with Crippen LogP contribution in [0.1, 0.15) is 29.1 Å². The summed E-state index contributed by atoms with van der Waals surface area (Å²) in [5, 5.41) is 9.88. The van der Waals surface area contributed by atoms with Gasteiger partial charge in [-0.1, -0.05) is 5.16 Å². The molecule has 0 aromatic carbocycles. The molecule has 0 saturated carbocycles. The largest absolute Gasteiger partial charge is 0.377 e. The molecule has 2 rings (SSSR count). The lowest BCUT2D eigenvalue weighted by atomic mass is 10.1. The lowest BCUT2D eigenvalue weighted by molar-refractivity contribution is 0.0920. The fourth-order valence-corrected chi connectivity index (χ4v) is 1.86. The van der Waals surface area contributed by atoms with Crippen LogP contribution in [0.2, 0.25) is 0 Å². The van der Waals surface area contributed by atoms with Gasteiger partial charge in [-0.15, -0.1) is 0 Å².